The fourth-order valence-corrected chi connectivity index (χ4v) is 5.67. The van der Waals surface area contributed by atoms with Crippen molar-refractivity contribution in [1.29, 1.82) is 0 Å². The molecule has 0 radical (unpaired) electrons. The number of thiophene rings is 1. The van der Waals surface area contributed by atoms with E-state index in [1.807, 2.05) is 16.2 Å². The van der Waals surface area contributed by atoms with Crippen molar-refractivity contribution >= 4 is 34.4 Å². The smallest absolute Gasteiger partial charge is 0.171 e. The van der Waals surface area contributed by atoms with Gasteiger partial charge in [0.25, 0.3) is 0 Å². The van der Waals surface area contributed by atoms with E-state index in [1.54, 1.807) is 0 Å². The van der Waals surface area contributed by atoms with Gasteiger partial charge in [0.05, 0.1) is 17.0 Å². The van der Waals surface area contributed by atoms with E-state index >= 15 is 0 Å². The molecule has 0 spiro atoms. The Balaban J connectivity index is 1.34. The van der Waals surface area contributed by atoms with Gasteiger partial charge in [-0.15, -0.1) is 11.3 Å². The maximum atomic E-state index is 5.58. The van der Waals surface area contributed by atoms with Gasteiger partial charge in [-0.05, 0) is 62.0 Å². The molecule has 4 rings (SSSR count). The second-order valence-electron chi connectivity index (χ2n) is 7.79. The quantitative estimate of drug-likeness (QED) is 0.702. The zero-order chi connectivity index (χ0) is 17.9. The van der Waals surface area contributed by atoms with Gasteiger partial charge >= 0.3 is 0 Å². The topological polar surface area (TPSA) is 28.5 Å². The molecule has 2 aliphatic heterocycles. The van der Waals surface area contributed by atoms with Gasteiger partial charge in [-0.2, -0.15) is 0 Å². The molecule has 0 saturated carbocycles. The van der Waals surface area contributed by atoms with E-state index in [2.05, 4.69) is 59.3 Å². The van der Waals surface area contributed by atoms with E-state index in [0.717, 1.165) is 22.9 Å². The molecule has 1 aromatic carbocycles. The van der Waals surface area contributed by atoms with Crippen molar-refractivity contribution in [3.8, 4) is 0 Å². The highest BCUT2D eigenvalue weighted by molar-refractivity contribution is 7.80. The van der Waals surface area contributed by atoms with Gasteiger partial charge in [0.1, 0.15) is 6.54 Å². The molecule has 4 atom stereocenters. The minimum absolute atomic E-state index is 0.503. The summed E-state index contributed by atoms with van der Waals surface area (Å²) in [5, 5.41) is 9.91. The highest BCUT2D eigenvalue weighted by Gasteiger charge is 2.41. The van der Waals surface area contributed by atoms with Crippen LogP contribution in [0.1, 0.15) is 42.5 Å². The first kappa shape index (κ1) is 18.0. The van der Waals surface area contributed by atoms with E-state index in [9.17, 15) is 0 Å². The predicted molar refractivity (Wildman–Crippen MR) is 114 cm³/mol. The fourth-order valence-electron chi connectivity index (χ4n) is 4.65. The number of fused-ring (bicyclic) bond motifs is 2. The maximum absolute atomic E-state index is 5.58. The lowest BCUT2D eigenvalue weighted by Gasteiger charge is -2.46. The van der Waals surface area contributed by atoms with Crippen LogP contribution in [-0.2, 0) is 6.54 Å². The zero-order valence-corrected chi connectivity index (χ0v) is 17.0. The molecule has 2 fully saturated rings. The monoisotopic (exact) mass is 386 g/mol. The summed E-state index contributed by atoms with van der Waals surface area (Å²) in [4.78, 5) is 3.34. The second kappa shape index (κ2) is 8.07. The minimum atomic E-state index is 0.503. The second-order valence-corrected chi connectivity index (χ2v) is 9.23. The molecule has 3 nitrogen and oxygen atoms in total. The van der Waals surface area contributed by atoms with Crippen LogP contribution in [0.5, 0.6) is 0 Å². The Bertz CT molecular complexity index is 712. The van der Waals surface area contributed by atoms with Crippen molar-refractivity contribution in [3.05, 3.63) is 52.2 Å². The van der Waals surface area contributed by atoms with E-state index in [-0.39, 0.29) is 0 Å². The van der Waals surface area contributed by atoms with Crippen molar-refractivity contribution in [2.45, 2.75) is 63.7 Å². The molecular weight excluding hydrogens is 358 g/mol. The average molecular weight is 387 g/mol. The Labute approximate surface area is 165 Å². The number of aryl methyl sites for hydroxylation is 1. The third kappa shape index (κ3) is 4.27. The number of quaternary nitrogens is 1. The molecule has 26 heavy (non-hydrogen) atoms. The third-order valence-corrected chi connectivity index (χ3v) is 6.99. The summed E-state index contributed by atoms with van der Waals surface area (Å²) in [6.07, 6.45) is 6.56. The van der Waals surface area contributed by atoms with Crippen LogP contribution in [0.4, 0.5) is 5.69 Å². The van der Waals surface area contributed by atoms with Crippen molar-refractivity contribution in [1.82, 2.24) is 5.32 Å². The Kier molecular flexibility index (Phi) is 5.57. The standard InChI is InChI=1S/C21H27N3S2/c1-15-7-9-16(10-8-15)22-21(25)23-17-12-18-4-2-5-19(13-17)24(18)14-20-6-3-11-26-20/h3,6-11,17-19H,2,4-5,12-14H2,1H3,(H2,22,23,25)/p+1/t17?,18-,19+. The number of hydrogen-bond acceptors (Lipinski definition) is 2. The SMILES string of the molecule is Cc1ccc(NC(=S)NC2C[C@H]3CCC[C@@H](C2)[NH+]3Cc2cccs2)cc1. The molecule has 0 aliphatic carbocycles. The van der Waals surface area contributed by atoms with Crippen LogP contribution in [0.25, 0.3) is 0 Å². The van der Waals surface area contributed by atoms with Gasteiger partial charge in [0, 0.05) is 24.6 Å². The Morgan fingerprint density at radius 2 is 1.88 bits per heavy atom. The summed E-state index contributed by atoms with van der Waals surface area (Å²) < 4.78 is 0. The molecule has 2 aliphatic rings. The molecule has 0 amide bonds. The van der Waals surface area contributed by atoms with Crippen LogP contribution < -0.4 is 15.5 Å². The number of nitrogens with one attached hydrogen (secondary N) is 3. The summed E-state index contributed by atoms with van der Waals surface area (Å²) in [5.74, 6) is 0. The Morgan fingerprint density at radius 1 is 1.15 bits per heavy atom. The third-order valence-electron chi connectivity index (χ3n) is 5.90. The average Bonchev–Trinajstić information content (AvgIpc) is 3.11. The van der Waals surface area contributed by atoms with E-state index in [0.29, 0.717) is 6.04 Å². The molecule has 1 aromatic heterocycles. The van der Waals surface area contributed by atoms with E-state index in [4.69, 9.17) is 12.2 Å². The number of hydrogen-bond donors (Lipinski definition) is 3. The molecule has 2 saturated heterocycles. The van der Waals surface area contributed by atoms with Gasteiger partial charge in [0.15, 0.2) is 5.11 Å². The number of benzene rings is 1. The van der Waals surface area contributed by atoms with Gasteiger partial charge in [0.2, 0.25) is 0 Å². The zero-order valence-electron chi connectivity index (χ0n) is 15.3. The Morgan fingerprint density at radius 3 is 2.54 bits per heavy atom. The first-order chi connectivity index (χ1) is 12.7. The lowest BCUT2D eigenvalue weighted by molar-refractivity contribution is -0.973. The van der Waals surface area contributed by atoms with Crippen LogP contribution in [0.15, 0.2) is 41.8 Å². The van der Waals surface area contributed by atoms with Crippen LogP contribution >= 0.6 is 23.6 Å². The number of anilines is 1. The first-order valence-corrected chi connectivity index (χ1v) is 11.0. The van der Waals surface area contributed by atoms with Crippen molar-refractivity contribution in [2.24, 2.45) is 0 Å². The normalized spacial score (nSPS) is 27.7. The predicted octanol–water partition coefficient (Wildman–Crippen LogP) is 3.51. The van der Waals surface area contributed by atoms with E-state index < -0.39 is 0 Å². The van der Waals surface area contributed by atoms with Crippen LogP contribution in [0.2, 0.25) is 0 Å². The first-order valence-electron chi connectivity index (χ1n) is 9.69. The van der Waals surface area contributed by atoms with Gasteiger partial charge in [-0.25, -0.2) is 0 Å². The summed E-state index contributed by atoms with van der Waals surface area (Å²) in [7, 11) is 0. The molecule has 2 aromatic rings. The molecule has 2 bridgehead atoms. The molecule has 5 heteroatoms. The highest BCUT2D eigenvalue weighted by Crippen LogP contribution is 2.23. The van der Waals surface area contributed by atoms with Gasteiger partial charge in [-0.3, -0.25) is 0 Å². The molecule has 3 heterocycles. The highest BCUT2D eigenvalue weighted by atomic mass is 32.1. The number of piperidine rings is 2. The Hall–Kier alpha value is -1.43. The maximum Gasteiger partial charge on any atom is 0.171 e. The number of rotatable bonds is 4. The largest absolute Gasteiger partial charge is 0.359 e. The van der Waals surface area contributed by atoms with Crippen LogP contribution in [0.3, 0.4) is 0 Å². The lowest BCUT2D eigenvalue weighted by Crippen LogP contribution is -3.20. The molecule has 138 valence electrons. The number of thiocarbonyl (C=S) groups is 1. The van der Waals surface area contributed by atoms with Gasteiger partial charge < -0.3 is 15.5 Å². The lowest BCUT2D eigenvalue weighted by atomic mass is 9.81. The van der Waals surface area contributed by atoms with Crippen molar-refractivity contribution in [2.75, 3.05) is 5.32 Å². The molecular formula is C21H28N3S2+. The van der Waals surface area contributed by atoms with Gasteiger partial charge in [-0.1, -0.05) is 23.8 Å². The van der Waals surface area contributed by atoms with Crippen molar-refractivity contribution in [3.63, 3.8) is 0 Å². The summed E-state index contributed by atoms with van der Waals surface area (Å²) >= 11 is 7.48. The summed E-state index contributed by atoms with van der Waals surface area (Å²) in [6, 6.07) is 14.9. The molecule has 2 unspecified atom stereocenters. The minimum Gasteiger partial charge on any atom is -0.359 e. The van der Waals surface area contributed by atoms with Crippen LogP contribution in [-0.4, -0.2) is 23.2 Å². The van der Waals surface area contributed by atoms with E-state index in [1.165, 1.54) is 49.1 Å². The summed E-state index contributed by atoms with van der Waals surface area (Å²) in [6.45, 7) is 3.30. The van der Waals surface area contributed by atoms with Crippen LogP contribution in [0, 0.1) is 6.92 Å². The molecule has 3 N–H and O–H groups in total. The van der Waals surface area contributed by atoms with Crippen molar-refractivity contribution < 1.29 is 4.90 Å². The fraction of sp³-hybridized carbons (Fsp3) is 0.476. The summed E-state index contributed by atoms with van der Waals surface area (Å²) in [5.41, 5.74) is 2.33.